The molecular formula is C13H16Cl2N2OS. The zero-order chi connectivity index (χ0) is 14.6. The molecule has 0 aliphatic heterocycles. The van der Waals surface area contributed by atoms with Crippen LogP contribution < -0.4 is 11.1 Å². The third kappa shape index (κ3) is 3.19. The van der Waals surface area contributed by atoms with Gasteiger partial charge in [-0.3, -0.25) is 4.79 Å². The van der Waals surface area contributed by atoms with E-state index in [9.17, 15) is 4.79 Å². The van der Waals surface area contributed by atoms with E-state index in [4.69, 9.17) is 41.2 Å². The summed E-state index contributed by atoms with van der Waals surface area (Å²) in [6.45, 7) is 3.74. The highest BCUT2D eigenvalue weighted by atomic mass is 35.5. The molecule has 104 valence electrons. The SMILES string of the molecule is CCC(CC)(C(=O)Nc1c(Cl)cccc1Cl)C(N)=S. The lowest BCUT2D eigenvalue weighted by Gasteiger charge is -2.29. The lowest BCUT2D eigenvalue weighted by molar-refractivity contribution is -0.122. The molecule has 0 unspecified atom stereocenters. The molecule has 19 heavy (non-hydrogen) atoms. The first kappa shape index (κ1) is 16.2. The number of nitrogens with two attached hydrogens (primary N) is 1. The van der Waals surface area contributed by atoms with E-state index in [0.29, 0.717) is 28.6 Å². The van der Waals surface area contributed by atoms with Gasteiger partial charge in [-0.2, -0.15) is 0 Å². The molecule has 0 spiro atoms. The van der Waals surface area contributed by atoms with Crippen molar-refractivity contribution in [2.24, 2.45) is 11.1 Å². The Morgan fingerprint density at radius 2 is 1.79 bits per heavy atom. The first-order valence-electron chi connectivity index (χ1n) is 5.94. The molecule has 0 bridgehead atoms. The van der Waals surface area contributed by atoms with Gasteiger partial charge in [0.2, 0.25) is 5.91 Å². The second-order valence-corrected chi connectivity index (χ2v) is 5.46. The molecule has 1 aromatic rings. The van der Waals surface area contributed by atoms with Gasteiger partial charge in [-0.25, -0.2) is 0 Å². The van der Waals surface area contributed by atoms with E-state index in [1.165, 1.54) is 0 Å². The smallest absolute Gasteiger partial charge is 0.237 e. The summed E-state index contributed by atoms with van der Waals surface area (Å²) in [5.41, 5.74) is 5.24. The minimum Gasteiger partial charge on any atom is -0.392 e. The molecule has 0 aliphatic rings. The highest BCUT2D eigenvalue weighted by molar-refractivity contribution is 7.80. The molecule has 0 heterocycles. The average molecular weight is 319 g/mol. The van der Waals surface area contributed by atoms with Crippen molar-refractivity contribution in [3.05, 3.63) is 28.2 Å². The second-order valence-electron chi connectivity index (χ2n) is 4.20. The number of benzene rings is 1. The Morgan fingerprint density at radius 1 is 1.32 bits per heavy atom. The summed E-state index contributed by atoms with van der Waals surface area (Å²) in [4.78, 5) is 12.6. The van der Waals surface area contributed by atoms with E-state index in [-0.39, 0.29) is 10.9 Å². The van der Waals surface area contributed by atoms with Crippen LogP contribution in [0.15, 0.2) is 18.2 Å². The van der Waals surface area contributed by atoms with Crippen LogP contribution in [-0.2, 0) is 4.79 Å². The second kappa shape index (κ2) is 6.55. The third-order valence-corrected chi connectivity index (χ3v) is 4.34. The van der Waals surface area contributed by atoms with Gasteiger partial charge in [0.25, 0.3) is 0 Å². The van der Waals surface area contributed by atoms with Crippen LogP contribution in [0.2, 0.25) is 10.0 Å². The van der Waals surface area contributed by atoms with Crippen LogP contribution in [0.25, 0.3) is 0 Å². The standard InChI is InChI=1S/C13H16Cl2N2OS/c1-3-13(4-2,11(16)19)12(18)17-10-8(14)6-5-7-9(10)15/h5-7H,3-4H2,1-2H3,(H2,16,19)(H,17,18). The monoisotopic (exact) mass is 318 g/mol. The molecule has 0 aromatic heterocycles. The highest BCUT2D eigenvalue weighted by Crippen LogP contribution is 2.34. The van der Waals surface area contributed by atoms with Crippen molar-refractivity contribution < 1.29 is 4.79 Å². The van der Waals surface area contributed by atoms with Gasteiger partial charge in [-0.1, -0.05) is 55.3 Å². The zero-order valence-electron chi connectivity index (χ0n) is 10.8. The van der Waals surface area contributed by atoms with E-state index in [1.54, 1.807) is 18.2 Å². The van der Waals surface area contributed by atoms with Crippen molar-refractivity contribution in [2.45, 2.75) is 26.7 Å². The van der Waals surface area contributed by atoms with Crippen LogP contribution in [0.3, 0.4) is 0 Å². The Bertz CT molecular complexity index is 481. The largest absolute Gasteiger partial charge is 0.392 e. The Balaban J connectivity index is 3.11. The van der Waals surface area contributed by atoms with Gasteiger partial charge in [0.15, 0.2) is 0 Å². The van der Waals surface area contributed by atoms with Crippen molar-refractivity contribution in [1.29, 1.82) is 0 Å². The summed E-state index contributed by atoms with van der Waals surface area (Å²) in [5, 5.41) is 3.49. The molecule has 0 saturated heterocycles. The van der Waals surface area contributed by atoms with Gasteiger partial charge in [0.05, 0.1) is 26.1 Å². The molecule has 0 atom stereocenters. The lowest BCUT2D eigenvalue weighted by atomic mass is 9.81. The molecule has 3 nitrogen and oxygen atoms in total. The molecule has 0 radical (unpaired) electrons. The van der Waals surface area contributed by atoms with Crippen molar-refractivity contribution in [1.82, 2.24) is 0 Å². The van der Waals surface area contributed by atoms with E-state index in [0.717, 1.165) is 0 Å². The quantitative estimate of drug-likeness (QED) is 0.806. The molecule has 3 N–H and O–H groups in total. The van der Waals surface area contributed by atoms with Gasteiger partial charge in [0, 0.05) is 0 Å². The number of carbonyl (C=O) groups excluding carboxylic acids is 1. The predicted octanol–water partition coefficient (Wildman–Crippen LogP) is 4.02. The number of halogens is 2. The molecule has 1 rings (SSSR count). The van der Waals surface area contributed by atoms with Gasteiger partial charge >= 0.3 is 0 Å². The number of rotatable bonds is 5. The molecule has 0 aliphatic carbocycles. The van der Waals surface area contributed by atoms with Crippen molar-refractivity contribution in [2.75, 3.05) is 5.32 Å². The Kier molecular flexibility index (Phi) is 5.59. The summed E-state index contributed by atoms with van der Waals surface area (Å²) in [5.74, 6) is -0.278. The molecule has 0 saturated carbocycles. The maximum Gasteiger partial charge on any atom is 0.237 e. The van der Waals surface area contributed by atoms with Gasteiger partial charge in [0.1, 0.15) is 0 Å². The summed E-state index contributed by atoms with van der Waals surface area (Å²) in [7, 11) is 0. The topological polar surface area (TPSA) is 55.1 Å². The van der Waals surface area contributed by atoms with Crippen LogP contribution in [0.1, 0.15) is 26.7 Å². The first-order chi connectivity index (χ1) is 8.89. The number of para-hydroxylation sites is 1. The van der Waals surface area contributed by atoms with E-state index in [1.807, 2.05) is 13.8 Å². The number of thiocarbonyl (C=S) groups is 1. The van der Waals surface area contributed by atoms with Crippen LogP contribution in [0.5, 0.6) is 0 Å². The van der Waals surface area contributed by atoms with Gasteiger partial charge in [-0.15, -0.1) is 0 Å². The molecule has 6 heteroatoms. The maximum absolute atomic E-state index is 12.4. The highest BCUT2D eigenvalue weighted by Gasteiger charge is 2.38. The zero-order valence-corrected chi connectivity index (χ0v) is 13.1. The van der Waals surface area contributed by atoms with Crippen LogP contribution in [0.4, 0.5) is 5.69 Å². The summed E-state index contributed by atoms with van der Waals surface area (Å²) < 4.78 is 0. The number of carbonyl (C=O) groups is 1. The molecule has 1 aromatic carbocycles. The maximum atomic E-state index is 12.4. The molecule has 0 fully saturated rings. The third-order valence-electron chi connectivity index (χ3n) is 3.31. The van der Waals surface area contributed by atoms with Crippen LogP contribution >= 0.6 is 35.4 Å². The van der Waals surface area contributed by atoms with E-state index in [2.05, 4.69) is 5.32 Å². The fourth-order valence-electron chi connectivity index (χ4n) is 1.88. The molecule has 1 amide bonds. The number of hydrogen-bond acceptors (Lipinski definition) is 2. The van der Waals surface area contributed by atoms with Gasteiger partial charge < -0.3 is 11.1 Å². The van der Waals surface area contributed by atoms with Gasteiger partial charge in [-0.05, 0) is 25.0 Å². The normalized spacial score (nSPS) is 11.2. The number of nitrogens with one attached hydrogen (secondary N) is 1. The van der Waals surface area contributed by atoms with E-state index >= 15 is 0 Å². The Hall–Kier alpha value is -0.840. The predicted molar refractivity (Wildman–Crippen MR) is 84.9 cm³/mol. The van der Waals surface area contributed by atoms with Crippen molar-refractivity contribution >= 4 is 52.0 Å². The van der Waals surface area contributed by atoms with Crippen molar-refractivity contribution in [3.63, 3.8) is 0 Å². The first-order valence-corrected chi connectivity index (χ1v) is 7.10. The summed E-state index contributed by atoms with van der Waals surface area (Å²) >= 11 is 17.1. The fourth-order valence-corrected chi connectivity index (χ4v) is 2.76. The Labute approximate surface area is 128 Å². The number of hydrogen-bond donors (Lipinski definition) is 2. The number of amides is 1. The van der Waals surface area contributed by atoms with Crippen molar-refractivity contribution in [3.8, 4) is 0 Å². The average Bonchev–Trinajstić information content (AvgIpc) is 2.36. The fraction of sp³-hybridized carbons (Fsp3) is 0.385. The summed E-state index contributed by atoms with van der Waals surface area (Å²) in [6, 6.07) is 5.02. The minimum absolute atomic E-state index is 0.179. The number of anilines is 1. The van der Waals surface area contributed by atoms with Crippen LogP contribution in [0, 0.1) is 5.41 Å². The lowest BCUT2D eigenvalue weighted by Crippen LogP contribution is -2.45. The minimum atomic E-state index is -0.877. The Morgan fingerprint density at radius 3 is 2.16 bits per heavy atom. The van der Waals surface area contributed by atoms with E-state index < -0.39 is 5.41 Å². The molecular weight excluding hydrogens is 303 g/mol. The van der Waals surface area contributed by atoms with Crippen LogP contribution in [-0.4, -0.2) is 10.9 Å². The summed E-state index contributed by atoms with van der Waals surface area (Å²) in [6.07, 6.45) is 1.04.